The number of rotatable bonds is 5. The third-order valence-electron chi connectivity index (χ3n) is 3.45. The van der Waals surface area contributed by atoms with E-state index in [9.17, 15) is 4.79 Å². The van der Waals surface area contributed by atoms with E-state index in [-0.39, 0.29) is 18.8 Å². The Morgan fingerprint density at radius 3 is 2.86 bits per heavy atom. The Bertz CT molecular complexity index is 683. The van der Waals surface area contributed by atoms with Gasteiger partial charge in [-0.25, -0.2) is 0 Å². The lowest BCUT2D eigenvalue weighted by molar-refractivity contribution is 0.0837. The first-order chi connectivity index (χ1) is 10.7. The van der Waals surface area contributed by atoms with Crippen LogP contribution in [0.3, 0.4) is 0 Å². The van der Waals surface area contributed by atoms with Gasteiger partial charge in [0, 0.05) is 29.0 Å². The van der Waals surface area contributed by atoms with Crippen LogP contribution in [0, 0.1) is 6.92 Å². The molecule has 1 amide bonds. The number of nitrogens with one attached hydrogen (secondary N) is 1. The van der Waals surface area contributed by atoms with Crippen molar-refractivity contribution in [2.24, 2.45) is 0 Å². The van der Waals surface area contributed by atoms with Crippen LogP contribution in [0.1, 0.15) is 26.2 Å². The Labute approximate surface area is 132 Å². The Balaban J connectivity index is 1.64. The molecule has 2 heterocycles. The number of hydrogen-bond acceptors (Lipinski definition) is 5. The van der Waals surface area contributed by atoms with E-state index in [1.807, 2.05) is 19.1 Å². The highest BCUT2D eigenvalue weighted by Gasteiger charge is 2.18. The summed E-state index contributed by atoms with van der Waals surface area (Å²) in [5.41, 5.74) is 0.543. The average Bonchev–Trinajstić information content (AvgIpc) is 3.15. The van der Waals surface area contributed by atoms with E-state index in [4.69, 9.17) is 14.2 Å². The second kappa shape index (κ2) is 6.37. The number of methoxy groups -OCH3 is 1. The van der Waals surface area contributed by atoms with Gasteiger partial charge in [0.2, 0.25) is 6.79 Å². The van der Waals surface area contributed by atoms with Gasteiger partial charge in [-0.15, -0.1) is 11.3 Å². The predicted octanol–water partition coefficient (Wildman–Crippen LogP) is 2.90. The number of ether oxygens (including phenoxy) is 3. The molecule has 0 saturated carbocycles. The van der Waals surface area contributed by atoms with Gasteiger partial charge in [0.1, 0.15) is 6.10 Å². The molecular weight excluding hydrogens is 302 g/mol. The van der Waals surface area contributed by atoms with Crippen LogP contribution >= 0.6 is 11.3 Å². The molecule has 0 fully saturated rings. The lowest BCUT2D eigenvalue weighted by Gasteiger charge is -2.14. The van der Waals surface area contributed by atoms with Crippen LogP contribution in [-0.2, 0) is 4.74 Å². The molecule has 116 valence electrons. The van der Waals surface area contributed by atoms with Gasteiger partial charge in [-0.05, 0) is 37.3 Å². The van der Waals surface area contributed by atoms with Gasteiger partial charge >= 0.3 is 0 Å². The molecule has 0 aliphatic carbocycles. The Kier molecular flexibility index (Phi) is 4.31. The van der Waals surface area contributed by atoms with Gasteiger partial charge < -0.3 is 19.5 Å². The van der Waals surface area contributed by atoms with Crippen molar-refractivity contribution in [1.29, 1.82) is 0 Å². The minimum absolute atomic E-state index is 0.142. The number of fused-ring (bicyclic) bond motifs is 1. The largest absolute Gasteiger partial charge is 0.454 e. The molecule has 0 unspecified atom stereocenters. The third kappa shape index (κ3) is 3.08. The summed E-state index contributed by atoms with van der Waals surface area (Å²) in [4.78, 5) is 14.6. The number of thiophene rings is 1. The maximum atomic E-state index is 12.2. The first-order valence-corrected chi connectivity index (χ1v) is 7.76. The molecule has 3 rings (SSSR count). The highest BCUT2D eigenvalue weighted by Crippen LogP contribution is 2.32. The smallest absolute Gasteiger partial charge is 0.251 e. The molecule has 1 N–H and O–H groups in total. The fourth-order valence-corrected chi connectivity index (χ4v) is 3.21. The summed E-state index contributed by atoms with van der Waals surface area (Å²) in [5, 5.41) is 2.90. The van der Waals surface area contributed by atoms with E-state index in [0.29, 0.717) is 23.6 Å². The van der Waals surface area contributed by atoms with E-state index in [0.717, 1.165) is 4.88 Å². The number of aryl methyl sites for hydroxylation is 1. The van der Waals surface area contributed by atoms with E-state index in [1.165, 1.54) is 4.88 Å². The van der Waals surface area contributed by atoms with Crippen LogP contribution in [0.15, 0.2) is 30.3 Å². The van der Waals surface area contributed by atoms with Crippen LogP contribution in [0.2, 0.25) is 0 Å². The number of carbonyl (C=O) groups excluding carboxylic acids is 1. The van der Waals surface area contributed by atoms with E-state index in [2.05, 4.69) is 5.32 Å². The molecule has 1 aromatic heterocycles. The second-order valence-corrected chi connectivity index (χ2v) is 6.27. The summed E-state index contributed by atoms with van der Waals surface area (Å²) in [5.74, 6) is 1.11. The Morgan fingerprint density at radius 2 is 2.14 bits per heavy atom. The zero-order valence-electron chi connectivity index (χ0n) is 12.4. The summed E-state index contributed by atoms with van der Waals surface area (Å²) in [6.07, 6.45) is -0.142. The monoisotopic (exact) mass is 319 g/mol. The summed E-state index contributed by atoms with van der Waals surface area (Å²) < 4.78 is 16.0. The van der Waals surface area contributed by atoms with Crippen molar-refractivity contribution in [3.8, 4) is 11.5 Å². The van der Waals surface area contributed by atoms with Crippen molar-refractivity contribution in [3.05, 3.63) is 45.6 Å². The topological polar surface area (TPSA) is 56.8 Å². The second-order valence-electron chi connectivity index (χ2n) is 4.95. The molecule has 1 atom stereocenters. The molecular formula is C16H17NO4S. The highest BCUT2D eigenvalue weighted by molar-refractivity contribution is 7.12. The highest BCUT2D eigenvalue weighted by atomic mass is 32.1. The maximum absolute atomic E-state index is 12.2. The molecule has 1 aliphatic rings. The number of hydrogen-bond donors (Lipinski definition) is 1. The number of amides is 1. The lowest BCUT2D eigenvalue weighted by atomic mass is 10.2. The van der Waals surface area contributed by atoms with E-state index < -0.39 is 0 Å². The molecule has 6 heteroatoms. The van der Waals surface area contributed by atoms with Crippen molar-refractivity contribution < 1.29 is 19.0 Å². The Morgan fingerprint density at radius 1 is 1.32 bits per heavy atom. The van der Waals surface area contributed by atoms with Gasteiger partial charge in [-0.2, -0.15) is 0 Å². The number of benzene rings is 1. The predicted molar refractivity (Wildman–Crippen MR) is 83.7 cm³/mol. The fraction of sp³-hybridized carbons (Fsp3) is 0.312. The molecule has 0 spiro atoms. The van der Waals surface area contributed by atoms with Gasteiger partial charge in [0.05, 0.1) is 0 Å². The minimum Gasteiger partial charge on any atom is -0.454 e. The van der Waals surface area contributed by atoms with Crippen LogP contribution in [0.25, 0.3) is 0 Å². The molecule has 0 bridgehead atoms. The molecule has 1 aliphatic heterocycles. The molecule has 1 aromatic carbocycles. The van der Waals surface area contributed by atoms with Gasteiger partial charge in [-0.3, -0.25) is 4.79 Å². The normalized spacial score (nSPS) is 13.9. The van der Waals surface area contributed by atoms with E-state index in [1.54, 1.807) is 36.6 Å². The first kappa shape index (κ1) is 14.9. The summed E-state index contributed by atoms with van der Waals surface area (Å²) in [6.45, 7) is 2.67. The summed E-state index contributed by atoms with van der Waals surface area (Å²) in [6, 6.07) is 9.23. The van der Waals surface area contributed by atoms with Crippen LogP contribution < -0.4 is 14.8 Å². The quantitative estimate of drug-likeness (QED) is 0.920. The zero-order valence-corrected chi connectivity index (χ0v) is 13.2. The van der Waals surface area contributed by atoms with Crippen molar-refractivity contribution in [2.45, 2.75) is 13.0 Å². The summed E-state index contributed by atoms with van der Waals surface area (Å²) >= 11 is 1.67. The van der Waals surface area contributed by atoms with Crippen LogP contribution in [0.4, 0.5) is 0 Å². The van der Waals surface area contributed by atoms with Crippen LogP contribution in [-0.4, -0.2) is 26.4 Å². The van der Waals surface area contributed by atoms with Crippen molar-refractivity contribution in [2.75, 3.05) is 20.4 Å². The van der Waals surface area contributed by atoms with Gasteiger partial charge in [-0.1, -0.05) is 0 Å². The van der Waals surface area contributed by atoms with Gasteiger partial charge in [0.15, 0.2) is 11.5 Å². The molecule has 0 radical (unpaired) electrons. The SMILES string of the molecule is CO[C@H](CNC(=O)c1ccc2c(c1)OCO2)c1ccc(C)s1. The first-order valence-electron chi connectivity index (χ1n) is 6.94. The zero-order chi connectivity index (χ0) is 15.5. The standard InChI is InChI=1S/C16H17NO4S/c1-10-3-6-15(22-10)14(19-2)8-17-16(18)11-4-5-12-13(7-11)21-9-20-12/h3-7,14H,8-9H2,1-2H3,(H,17,18)/t14-/m1/s1. The molecule has 22 heavy (non-hydrogen) atoms. The van der Waals surface area contributed by atoms with Crippen molar-refractivity contribution in [3.63, 3.8) is 0 Å². The lowest BCUT2D eigenvalue weighted by Crippen LogP contribution is -2.28. The third-order valence-corrected chi connectivity index (χ3v) is 4.54. The van der Waals surface area contributed by atoms with E-state index >= 15 is 0 Å². The van der Waals surface area contributed by atoms with Crippen molar-refractivity contribution >= 4 is 17.2 Å². The molecule has 2 aromatic rings. The van der Waals surface area contributed by atoms with Gasteiger partial charge in [0.25, 0.3) is 5.91 Å². The minimum atomic E-state index is -0.159. The van der Waals surface area contributed by atoms with Crippen LogP contribution in [0.5, 0.6) is 11.5 Å². The fourth-order valence-electron chi connectivity index (χ4n) is 2.25. The van der Waals surface area contributed by atoms with Crippen molar-refractivity contribution in [1.82, 2.24) is 5.32 Å². The molecule has 5 nitrogen and oxygen atoms in total. The number of carbonyl (C=O) groups is 1. The Hall–Kier alpha value is -2.05. The average molecular weight is 319 g/mol. The molecule has 0 saturated heterocycles. The maximum Gasteiger partial charge on any atom is 0.251 e. The summed E-state index contributed by atoms with van der Waals surface area (Å²) in [7, 11) is 1.65.